The van der Waals surface area contributed by atoms with Crippen LogP contribution in [0, 0.1) is 13.8 Å². The Kier molecular flexibility index (Phi) is 5.98. The predicted octanol–water partition coefficient (Wildman–Crippen LogP) is 8.76. The van der Waals surface area contributed by atoms with E-state index in [9.17, 15) is 0 Å². The number of allylic oxidation sites excluding steroid dienone is 2. The van der Waals surface area contributed by atoms with Gasteiger partial charge in [0.05, 0.1) is 5.69 Å². The lowest BCUT2D eigenvalue weighted by Crippen LogP contribution is -2.15. The number of rotatable bonds is 4. The van der Waals surface area contributed by atoms with E-state index in [0.29, 0.717) is 0 Å². The molecule has 2 aromatic heterocycles. The molecule has 6 aromatic rings. The molecule has 0 saturated heterocycles. The Morgan fingerprint density at radius 3 is 1.95 bits per heavy atom. The fourth-order valence-corrected chi connectivity index (χ4v) is 5.93. The summed E-state index contributed by atoms with van der Waals surface area (Å²) in [6, 6.07) is 34.8. The zero-order valence-corrected chi connectivity index (χ0v) is 22.6. The monoisotopic (exact) mass is 515 g/mol. The Morgan fingerprint density at radius 2 is 1.30 bits per heavy atom. The van der Waals surface area contributed by atoms with Gasteiger partial charge in [-0.25, -0.2) is 0 Å². The standard InChI is InChI=1S/C37H29N3/c1-24-18-19-38-23-34(24)26-14-16-27(17-15-26)36-30-9-3-5-11-32(30)37(33-12-6-4-10-31(33)36)29-20-28(21-39-22-29)35-13-7-8-25(2)40-35/h3-21,23,39H,22H2,1-2H3. The van der Waals surface area contributed by atoms with Crippen molar-refractivity contribution in [3.63, 3.8) is 0 Å². The van der Waals surface area contributed by atoms with Crippen LogP contribution in [0.1, 0.15) is 22.5 Å². The van der Waals surface area contributed by atoms with Crippen LogP contribution >= 0.6 is 0 Å². The number of benzene rings is 4. The first-order valence-electron chi connectivity index (χ1n) is 13.7. The SMILES string of the molecule is Cc1cccc(C2=CNCC(c3c4ccccc4c(-c4ccc(-c5cnccc5C)cc4)c4ccccc34)=C2)n1. The first-order valence-corrected chi connectivity index (χ1v) is 13.7. The summed E-state index contributed by atoms with van der Waals surface area (Å²) in [5.74, 6) is 0. The van der Waals surface area contributed by atoms with E-state index in [2.05, 4.69) is 120 Å². The molecule has 3 heterocycles. The molecule has 4 aromatic carbocycles. The lowest BCUT2D eigenvalue weighted by Gasteiger charge is -2.22. The fourth-order valence-electron chi connectivity index (χ4n) is 5.93. The van der Waals surface area contributed by atoms with Crippen molar-refractivity contribution in [3.8, 4) is 22.3 Å². The Balaban J connectivity index is 1.43. The molecule has 0 spiro atoms. The van der Waals surface area contributed by atoms with E-state index in [0.717, 1.165) is 23.5 Å². The fraction of sp³-hybridized carbons (Fsp3) is 0.0811. The number of dihydropyridines is 1. The number of nitrogens with zero attached hydrogens (tertiary/aromatic N) is 2. The number of aromatic nitrogens is 2. The molecule has 40 heavy (non-hydrogen) atoms. The molecule has 0 bridgehead atoms. The molecule has 0 aliphatic carbocycles. The van der Waals surface area contributed by atoms with E-state index in [1.807, 2.05) is 25.4 Å². The van der Waals surface area contributed by atoms with Gasteiger partial charge in [-0.3, -0.25) is 9.97 Å². The van der Waals surface area contributed by atoms with Gasteiger partial charge in [-0.2, -0.15) is 0 Å². The minimum Gasteiger partial charge on any atom is -0.386 e. The second-order valence-electron chi connectivity index (χ2n) is 10.4. The Labute approximate surface area is 234 Å². The summed E-state index contributed by atoms with van der Waals surface area (Å²) >= 11 is 0. The van der Waals surface area contributed by atoms with Crippen molar-refractivity contribution in [2.75, 3.05) is 6.54 Å². The molecule has 0 fully saturated rings. The molecule has 1 N–H and O–H groups in total. The third kappa shape index (κ3) is 4.17. The van der Waals surface area contributed by atoms with Crippen LogP contribution in [0.3, 0.4) is 0 Å². The van der Waals surface area contributed by atoms with Crippen molar-refractivity contribution in [2.45, 2.75) is 13.8 Å². The van der Waals surface area contributed by atoms with Gasteiger partial charge in [0.25, 0.3) is 0 Å². The number of nitrogens with one attached hydrogen (secondary N) is 1. The maximum absolute atomic E-state index is 4.78. The summed E-state index contributed by atoms with van der Waals surface area (Å²) in [6.07, 6.45) is 8.18. The lowest BCUT2D eigenvalue weighted by atomic mass is 9.84. The molecular weight excluding hydrogens is 486 g/mol. The molecule has 7 rings (SSSR count). The second kappa shape index (κ2) is 9.94. The molecule has 0 saturated carbocycles. The van der Waals surface area contributed by atoms with Crippen molar-refractivity contribution in [1.29, 1.82) is 0 Å². The third-order valence-electron chi connectivity index (χ3n) is 7.84. The van der Waals surface area contributed by atoms with Gasteiger partial charge in [0, 0.05) is 42.0 Å². The van der Waals surface area contributed by atoms with Crippen LogP contribution in [0.5, 0.6) is 0 Å². The van der Waals surface area contributed by atoms with Crippen molar-refractivity contribution in [3.05, 3.63) is 144 Å². The number of pyridine rings is 2. The van der Waals surface area contributed by atoms with Gasteiger partial charge >= 0.3 is 0 Å². The van der Waals surface area contributed by atoms with Gasteiger partial charge < -0.3 is 5.32 Å². The predicted molar refractivity (Wildman–Crippen MR) is 168 cm³/mol. The van der Waals surface area contributed by atoms with Crippen LogP contribution in [-0.2, 0) is 0 Å². The highest BCUT2D eigenvalue weighted by atomic mass is 14.8. The minimum absolute atomic E-state index is 0.766. The van der Waals surface area contributed by atoms with Gasteiger partial charge in [-0.1, -0.05) is 78.9 Å². The maximum atomic E-state index is 4.78. The molecule has 0 atom stereocenters. The van der Waals surface area contributed by atoms with E-state index in [-0.39, 0.29) is 0 Å². The van der Waals surface area contributed by atoms with Gasteiger partial charge in [0.2, 0.25) is 0 Å². The average molecular weight is 516 g/mol. The Morgan fingerprint density at radius 1 is 0.650 bits per heavy atom. The topological polar surface area (TPSA) is 37.8 Å². The van der Waals surface area contributed by atoms with Crippen molar-refractivity contribution in [1.82, 2.24) is 15.3 Å². The van der Waals surface area contributed by atoms with E-state index in [4.69, 9.17) is 4.98 Å². The normalized spacial score (nSPS) is 13.2. The largest absolute Gasteiger partial charge is 0.386 e. The Hall–Kier alpha value is -5.02. The third-order valence-corrected chi connectivity index (χ3v) is 7.84. The number of aryl methyl sites for hydroxylation is 2. The van der Waals surface area contributed by atoms with Gasteiger partial charge in [-0.05, 0) is 93.1 Å². The first-order chi connectivity index (χ1) is 19.7. The van der Waals surface area contributed by atoms with Gasteiger partial charge in [0.15, 0.2) is 0 Å². The summed E-state index contributed by atoms with van der Waals surface area (Å²) in [6.45, 7) is 4.94. The maximum Gasteiger partial charge on any atom is 0.0719 e. The summed E-state index contributed by atoms with van der Waals surface area (Å²) in [4.78, 5) is 9.13. The van der Waals surface area contributed by atoms with Gasteiger partial charge in [-0.15, -0.1) is 0 Å². The van der Waals surface area contributed by atoms with E-state index in [1.54, 1.807) is 0 Å². The van der Waals surface area contributed by atoms with Crippen LogP contribution in [0.2, 0.25) is 0 Å². The highest BCUT2D eigenvalue weighted by molar-refractivity contribution is 6.19. The molecule has 192 valence electrons. The van der Waals surface area contributed by atoms with Crippen LogP contribution in [-0.4, -0.2) is 16.5 Å². The molecule has 3 nitrogen and oxygen atoms in total. The van der Waals surface area contributed by atoms with Crippen LogP contribution in [0.15, 0.2) is 122 Å². The van der Waals surface area contributed by atoms with E-state index >= 15 is 0 Å². The quantitative estimate of drug-likeness (QED) is 0.239. The van der Waals surface area contributed by atoms with Crippen LogP contribution in [0.25, 0.3) is 54.9 Å². The average Bonchev–Trinajstić information content (AvgIpc) is 3.00. The highest BCUT2D eigenvalue weighted by Crippen LogP contribution is 2.43. The van der Waals surface area contributed by atoms with E-state index < -0.39 is 0 Å². The van der Waals surface area contributed by atoms with Crippen molar-refractivity contribution < 1.29 is 0 Å². The summed E-state index contributed by atoms with van der Waals surface area (Å²) in [5.41, 5.74) is 11.7. The summed E-state index contributed by atoms with van der Waals surface area (Å²) in [5, 5.41) is 8.56. The van der Waals surface area contributed by atoms with Crippen molar-refractivity contribution >= 4 is 32.7 Å². The smallest absolute Gasteiger partial charge is 0.0719 e. The number of hydrogen-bond acceptors (Lipinski definition) is 3. The molecule has 0 amide bonds. The highest BCUT2D eigenvalue weighted by Gasteiger charge is 2.19. The number of hydrogen-bond donors (Lipinski definition) is 1. The zero-order valence-electron chi connectivity index (χ0n) is 22.6. The molecular formula is C37H29N3. The number of fused-ring (bicyclic) bond motifs is 2. The second-order valence-corrected chi connectivity index (χ2v) is 10.4. The van der Waals surface area contributed by atoms with Crippen LogP contribution < -0.4 is 5.32 Å². The van der Waals surface area contributed by atoms with Gasteiger partial charge in [0.1, 0.15) is 0 Å². The summed E-state index contributed by atoms with van der Waals surface area (Å²) < 4.78 is 0. The van der Waals surface area contributed by atoms with E-state index in [1.165, 1.54) is 60.5 Å². The summed E-state index contributed by atoms with van der Waals surface area (Å²) in [7, 11) is 0. The first kappa shape index (κ1) is 24.1. The minimum atomic E-state index is 0.766. The zero-order chi connectivity index (χ0) is 27.1. The molecule has 0 radical (unpaired) electrons. The molecule has 1 aliphatic rings. The van der Waals surface area contributed by atoms with Crippen LogP contribution in [0.4, 0.5) is 0 Å². The molecule has 3 heteroatoms. The van der Waals surface area contributed by atoms with Crippen molar-refractivity contribution in [2.24, 2.45) is 0 Å². The molecule has 0 unspecified atom stereocenters. The Bertz CT molecular complexity index is 1910. The molecule has 1 aliphatic heterocycles. The lowest BCUT2D eigenvalue weighted by molar-refractivity contribution is 0.989.